The topological polar surface area (TPSA) is 76.1 Å². The Bertz CT molecular complexity index is 844. The molecule has 1 aromatic carbocycles. The summed E-state index contributed by atoms with van der Waals surface area (Å²) in [4.78, 5) is 18.1. The van der Waals surface area contributed by atoms with Gasteiger partial charge in [-0.1, -0.05) is 18.2 Å². The van der Waals surface area contributed by atoms with Crippen molar-refractivity contribution in [1.29, 1.82) is 0 Å². The van der Waals surface area contributed by atoms with Crippen molar-refractivity contribution in [1.82, 2.24) is 15.3 Å². The molecule has 0 spiro atoms. The summed E-state index contributed by atoms with van der Waals surface area (Å²) in [6.07, 6.45) is -2.35. The quantitative estimate of drug-likeness (QED) is 0.638. The lowest BCUT2D eigenvalue weighted by atomic mass is 10.3. The fraction of sp³-hybridized carbons (Fsp3) is 0.235. The number of carbonyl (C=O) groups excluding carboxylic acids is 1. The molecule has 0 radical (unpaired) electrons. The maximum atomic E-state index is 13.3. The van der Waals surface area contributed by atoms with Crippen molar-refractivity contribution in [3.63, 3.8) is 0 Å². The van der Waals surface area contributed by atoms with Crippen molar-refractivity contribution in [3.05, 3.63) is 59.5 Å². The Labute approximate surface area is 162 Å². The van der Waals surface area contributed by atoms with Crippen molar-refractivity contribution >= 4 is 23.2 Å². The van der Waals surface area contributed by atoms with E-state index in [2.05, 4.69) is 27.2 Å². The number of rotatable bonds is 8. The monoisotopic (exact) mass is 418 g/mol. The first-order valence-electron chi connectivity index (χ1n) is 7.84. The van der Waals surface area contributed by atoms with Crippen LogP contribution in [-0.2, 0) is 11.0 Å². The first-order chi connectivity index (χ1) is 13.1. The van der Waals surface area contributed by atoms with Crippen molar-refractivity contribution in [3.8, 4) is 5.75 Å². The van der Waals surface area contributed by atoms with Gasteiger partial charge in [-0.05, 0) is 12.1 Å². The molecule has 1 heterocycles. The Morgan fingerprint density at radius 2 is 1.93 bits per heavy atom. The number of carbonyl (C=O) groups is 1. The molecule has 0 bridgehead atoms. The van der Waals surface area contributed by atoms with Gasteiger partial charge in [0.15, 0.2) is 6.61 Å². The summed E-state index contributed by atoms with van der Waals surface area (Å²) in [6.45, 7) is 3.58. The largest absolute Gasteiger partial charge is 0.484 e. The predicted octanol–water partition coefficient (Wildman–Crippen LogP) is 3.80. The van der Waals surface area contributed by atoms with E-state index in [1.165, 1.54) is 12.1 Å². The SMILES string of the molecule is C=C(CCNC(=O)COc1ccc(Cl)c(F)c1)Nc1cnc(C(F)(F)F)nc1. The lowest BCUT2D eigenvalue weighted by molar-refractivity contribution is -0.145. The van der Waals surface area contributed by atoms with Crippen LogP contribution in [0.4, 0.5) is 23.2 Å². The molecule has 28 heavy (non-hydrogen) atoms. The van der Waals surface area contributed by atoms with Gasteiger partial charge in [0.05, 0.1) is 23.1 Å². The first kappa shape index (κ1) is 21.4. The molecule has 0 fully saturated rings. The van der Waals surface area contributed by atoms with Crippen LogP contribution in [0.3, 0.4) is 0 Å². The Hall–Kier alpha value is -2.88. The number of hydrogen-bond donors (Lipinski definition) is 2. The van der Waals surface area contributed by atoms with E-state index in [4.69, 9.17) is 16.3 Å². The second kappa shape index (κ2) is 9.36. The molecule has 0 saturated heterocycles. The second-order valence-corrected chi connectivity index (χ2v) is 5.89. The molecule has 0 aliphatic carbocycles. The number of halogens is 5. The highest BCUT2D eigenvalue weighted by atomic mass is 35.5. The number of aromatic nitrogens is 2. The smallest absolute Gasteiger partial charge is 0.451 e. The lowest BCUT2D eigenvalue weighted by Gasteiger charge is -2.11. The van der Waals surface area contributed by atoms with Crippen LogP contribution in [0.5, 0.6) is 5.75 Å². The number of nitrogens with zero attached hydrogens (tertiary/aromatic N) is 2. The zero-order valence-electron chi connectivity index (χ0n) is 14.3. The van der Waals surface area contributed by atoms with E-state index < -0.39 is 23.7 Å². The maximum absolute atomic E-state index is 13.3. The van der Waals surface area contributed by atoms with Gasteiger partial charge in [0, 0.05) is 24.7 Å². The van der Waals surface area contributed by atoms with Crippen LogP contribution in [-0.4, -0.2) is 29.0 Å². The Balaban J connectivity index is 1.69. The third kappa shape index (κ3) is 6.69. The lowest BCUT2D eigenvalue weighted by Crippen LogP contribution is -2.30. The molecule has 11 heteroatoms. The summed E-state index contributed by atoms with van der Waals surface area (Å²) >= 11 is 5.55. The van der Waals surface area contributed by atoms with Gasteiger partial charge in [-0.25, -0.2) is 14.4 Å². The third-order valence-electron chi connectivity index (χ3n) is 3.24. The summed E-state index contributed by atoms with van der Waals surface area (Å²) in [6, 6.07) is 3.80. The molecule has 150 valence electrons. The highest BCUT2D eigenvalue weighted by Gasteiger charge is 2.34. The molecule has 1 amide bonds. The molecule has 2 N–H and O–H groups in total. The molecule has 0 atom stereocenters. The Morgan fingerprint density at radius 3 is 2.54 bits per heavy atom. The average Bonchev–Trinajstić information content (AvgIpc) is 2.62. The van der Waals surface area contributed by atoms with Crippen LogP contribution in [0.25, 0.3) is 0 Å². The van der Waals surface area contributed by atoms with Crippen molar-refractivity contribution in [2.45, 2.75) is 12.6 Å². The highest BCUT2D eigenvalue weighted by molar-refractivity contribution is 6.30. The minimum absolute atomic E-state index is 0.0544. The summed E-state index contributed by atoms with van der Waals surface area (Å²) in [7, 11) is 0. The summed E-state index contributed by atoms with van der Waals surface area (Å²) in [5.74, 6) is -2.18. The predicted molar refractivity (Wildman–Crippen MR) is 94.3 cm³/mol. The number of nitrogens with one attached hydrogen (secondary N) is 2. The zero-order valence-corrected chi connectivity index (χ0v) is 15.1. The third-order valence-corrected chi connectivity index (χ3v) is 3.54. The van der Waals surface area contributed by atoms with Gasteiger partial charge in [-0.3, -0.25) is 4.79 Å². The van der Waals surface area contributed by atoms with E-state index in [0.29, 0.717) is 12.1 Å². The fourth-order valence-corrected chi connectivity index (χ4v) is 2.04. The minimum Gasteiger partial charge on any atom is -0.484 e. The Kier molecular flexibility index (Phi) is 7.16. The van der Waals surface area contributed by atoms with Crippen LogP contribution in [0.15, 0.2) is 42.9 Å². The average molecular weight is 419 g/mol. The van der Waals surface area contributed by atoms with Crippen molar-refractivity contribution < 1.29 is 27.1 Å². The van der Waals surface area contributed by atoms with E-state index >= 15 is 0 Å². The molecule has 1 aromatic heterocycles. The molecule has 0 unspecified atom stereocenters. The number of amides is 1. The molecule has 0 aliphatic heterocycles. The number of ether oxygens (including phenoxy) is 1. The van der Waals surface area contributed by atoms with Gasteiger partial charge in [-0.2, -0.15) is 13.2 Å². The first-order valence-corrected chi connectivity index (χ1v) is 8.21. The Morgan fingerprint density at radius 1 is 1.25 bits per heavy atom. The normalized spacial score (nSPS) is 11.0. The molecule has 2 aromatic rings. The number of alkyl halides is 3. The summed E-state index contributed by atoms with van der Waals surface area (Å²) in [5.41, 5.74) is 0.668. The van der Waals surface area contributed by atoms with Gasteiger partial charge in [0.25, 0.3) is 5.91 Å². The molecule has 6 nitrogen and oxygen atoms in total. The van der Waals surface area contributed by atoms with Crippen LogP contribution in [0, 0.1) is 5.82 Å². The molecule has 0 aliphatic rings. The van der Waals surface area contributed by atoms with Gasteiger partial charge in [0.2, 0.25) is 5.82 Å². The van der Waals surface area contributed by atoms with Crippen LogP contribution in [0.1, 0.15) is 12.2 Å². The number of hydrogen-bond acceptors (Lipinski definition) is 5. The van der Waals surface area contributed by atoms with E-state index in [1.54, 1.807) is 0 Å². The second-order valence-electron chi connectivity index (χ2n) is 5.49. The number of anilines is 1. The molecular weight excluding hydrogens is 404 g/mol. The summed E-state index contributed by atoms with van der Waals surface area (Å²) in [5, 5.41) is 5.25. The van der Waals surface area contributed by atoms with Gasteiger partial charge in [0.1, 0.15) is 11.6 Å². The van der Waals surface area contributed by atoms with Crippen LogP contribution >= 0.6 is 11.6 Å². The minimum atomic E-state index is -4.61. The maximum Gasteiger partial charge on any atom is 0.451 e. The van der Waals surface area contributed by atoms with E-state index in [1.807, 2.05) is 0 Å². The van der Waals surface area contributed by atoms with Gasteiger partial charge in [-0.15, -0.1) is 0 Å². The van der Waals surface area contributed by atoms with Gasteiger partial charge < -0.3 is 15.4 Å². The van der Waals surface area contributed by atoms with E-state index in [9.17, 15) is 22.4 Å². The summed E-state index contributed by atoms with van der Waals surface area (Å²) < 4.78 is 55.6. The zero-order chi connectivity index (χ0) is 20.7. The fourth-order valence-electron chi connectivity index (χ4n) is 1.92. The van der Waals surface area contributed by atoms with E-state index in [-0.39, 0.29) is 29.6 Å². The van der Waals surface area contributed by atoms with Crippen LogP contribution < -0.4 is 15.4 Å². The molecule has 0 saturated carbocycles. The number of benzene rings is 1. The standard InChI is InChI=1S/C17H15ClF4N4O2/c1-10(26-11-7-24-16(25-8-11)17(20,21)22)4-5-23-15(27)9-28-12-2-3-13(18)14(19)6-12/h2-3,6-8,26H,1,4-5,9H2,(H,23,27). The highest BCUT2D eigenvalue weighted by Crippen LogP contribution is 2.26. The molecule has 2 rings (SSSR count). The van der Waals surface area contributed by atoms with Crippen molar-refractivity contribution in [2.75, 3.05) is 18.5 Å². The van der Waals surface area contributed by atoms with Crippen molar-refractivity contribution in [2.24, 2.45) is 0 Å². The van der Waals surface area contributed by atoms with Gasteiger partial charge >= 0.3 is 6.18 Å². The van der Waals surface area contributed by atoms with Crippen LogP contribution in [0.2, 0.25) is 5.02 Å². The molecular formula is C17H15ClF4N4O2. The van der Waals surface area contributed by atoms with E-state index in [0.717, 1.165) is 18.5 Å².